The number of furan rings is 2. The maximum absolute atomic E-state index is 6.72. The Morgan fingerprint density at radius 2 is 1.10 bits per heavy atom. The molecular weight excluding hydrogens is 502 g/mol. The Bertz CT molecular complexity index is 2400. The zero-order valence-corrected chi connectivity index (χ0v) is 22.0. The van der Waals surface area contributed by atoms with Crippen LogP contribution in [0.1, 0.15) is 0 Å². The minimum atomic E-state index is 0.909. The maximum Gasteiger partial charge on any atom is 0.161 e. The van der Waals surface area contributed by atoms with Gasteiger partial charge in [0, 0.05) is 32.8 Å². The van der Waals surface area contributed by atoms with Gasteiger partial charge in [-0.25, -0.2) is 0 Å². The summed E-state index contributed by atoms with van der Waals surface area (Å²) in [6.07, 6.45) is 0. The molecule has 0 fully saturated rings. The van der Waals surface area contributed by atoms with Gasteiger partial charge in [-0.15, -0.1) is 0 Å². The second-order valence-corrected chi connectivity index (χ2v) is 10.5. The molecule has 0 aliphatic rings. The minimum Gasteiger partial charge on any atom is -0.456 e. The van der Waals surface area contributed by atoms with Gasteiger partial charge in [-0.2, -0.15) is 0 Å². The highest BCUT2D eigenvalue weighted by atomic mass is 16.3. The maximum atomic E-state index is 6.72. The summed E-state index contributed by atoms with van der Waals surface area (Å²) in [5.41, 5.74) is 11.6. The highest BCUT2D eigenvalue weighted by molar-refractivity contribution is 6.18. The largest absolute Gasteiger partial charge is 0.456 e. The third kappa shape index (κ3) is 3.26. The summed E-state index contributed by atoms with van der Waals surface area (Å²) < 4.78 is 15.1. The summed E-state index contributed by atoms with van der Waals surface area (Å²) in [4.78, 5) is 0. The first-order valence-electron chi connectivity index (χ1n) is 13.9. The number of hydrogen-bond donors (Lipinski definition) is 0. The third-order valence-corrected chi connectivity index (χ3v) is 8.22. The van der Waals surface area contributed by atoms with Gasteiger partial charge in [-0.1, -0.05) is 91.0 Å². The minimum absolute atomic E-state index is 0.909. The third-order valence-electron chi connectivity index (χ3n) is 8.22. The number of aromatic nitrogens is 1. The lowest BCUT2D eigenvalue weighted by Gasteiger charge is -2.08. The van der Waals surface area contributed by atoms with Crippen LogP contribution >= 0.6 is 0 Å². The topological polar surface area (TPSA) is 31.2 Å². The van der Waals surface area contributed by atoms with E-state index in [0.717, 1.165) is 71.7 Å². The van der Waals surface area contributed by atoms with Gasteiger partial charge in [0.1, 0.15) is 22.3 Å². The van der Waals surface area contributed by atoms with Crippen LogP contribution in [0.25, 0.3) is 82.9 Å². The average molecular weight is 526 g/mol. The first kappa shape index (κ1) is 22.3. The zero-order valence-electron chi connectivity index (χ0n) is 22.0. The van der Waals surface area contributed by atoms with E-state index in [2.05, 4.69) is 132 Å². The summed E-state index contributed by atoms with van der Waals surface area (Å²) in [5.74, 6) is 0. The predicted octanol–water partition coefficient (Wildman–Crippen LogP) is 10.8. The number of benzene rings is 6. The summed E-state index contributed by atoms with van der Waals surface area (Å²) in [6.45, 7) is 0. The van der Waals surface area contributed by atoms with E-state index in [0.29, 0.717) is 0 Å². The van der Waals surface area contributed by atoms with Gasteiger partial charge in [0.15, 0.2) is 5.58 Å². The Morgan fingerprint density at radius 1 is 0.415 bits per heavy atom. The molecule has 0 unspecified atom stereocenters. The van der Waals surface area contributed by atoms with Crippen LogP contribution in [0.5, 0.6) is 0 Å². The molecule has 3 aromatic heterocycles. The molecule has 0 bridgehead atoms. The van der Waals surface area contributed by atoms with Crippen LogP contribution in [0, 0.1) is 0 Å². The van der Waals surface area contributed by atoms with Crippen molar-refractivity contribution in [2.45, 2.75) is 0 Å². The Hall–Kier alpha value is -5.54. The molecule has 0 atom stereocenters. The molecule has 6 aromatic carbocycles. The first-order valence-corrected chi connectivity index (χ1v) is 13.9. The van der Waals surface area contributed by atoms with E-state index in [4.69, 9.17) is 8.83 Å². The van der Waals surface area contributed by atoms with Gasteiger partial charge in [0.05, 0.1) is 5.52 Å². The number of nitrogens with zero attached hydrogens (tertiary/aromatic N) is 1. The molecule has 9 rings (SSSR count). The molecule has 0 saturated heterocycles. The van der Waals surface area contributed by atoms with Crippen LogP contribution in [0.4, 0.5) is 0 Å². The molecule has 3 heterocycles. The highest BCUT2D eigenvalue weighted by Gasteiger charge is 2.21. The van der Waals surface area contributed by atoms with Gasteiger partial charge in [-0.3, -0.25) is 0 Å². The molecule has 0 amide bonds. The fourth-order valence-corrected chi connectivity index (χ4v) is 6.31. The fraction of sp³-hybridized carbons (Fsp3) is 0. The van der Waals surface area contributed by atoms with Crippen molar-refractivity contribution in [1.29, 1.82) is 0 Å². The van der Waals surface area contributed by atoms with Crippen LogP contribution in [-0.2, 0) is 0 Å². The molecule has 0 radical (unpaired) electrons. The van der Waals surface area contributed by atoms with Crippen LogP contribution in [-0.4, -0.2) is 4.57 Å². The second-order valence-electron chi connectivity index (χ2n) is 10.5. The van der Waals surface area contributed by atoms with Gasteiger partial charge in [0.25, 0.3) is 0 Å². The van der Waals surface area contributed by atoms with Crippen LogP contribution in [0.3, 0.4) is 0 Å². The van der Waals surface area contributed by atoms with Crippen LogP contribution < -0.4 is 0 Å². The molecule has 0 aliphatic carbocycles. The van der Waals surface area contributed by atoms with Crippen molar-refractivity contribution >= 4 is 54.9 Å². The van der Waals surface area contributed by atoms with Gasteiger partial charge in [-0.05, 0) is 65.2 Å². The Balaban J connectivity index is 1.20. The highest BCUT2D eigenvalue weighted by Crippen LogP contribution is 2.42. The smallest absolute Gasteiger partial charge is 0.161 e. The number of rotatable bonds is 3. The Kier molecular flexibility index (Phi) is 4.61. The van der Waals surface area contributed by atoms with E-state index in [1.54, 1.807) is 0 Å². The molecular formula is C38H23NO2. The van der Waals surface area contributed by atoms with Crippen molar-refractivity contribution in [1.82, 2.24) is 4.57 Å². The molecule has 0 spiro atoms. The van der Waals surface area contributed by atoms with Crippen molar-refractivity contribution in [2.24, 2.45) is 0 Å². The summed E-state index contributed by atoms with van der Waals surface area (Å²) >= 11 is 0. The van der Waals surface area contributed by atoms with E-state index in [1.165, 1.54) is 11.1 Å². The van der Waals surface area contributed by atoms with Crippen molar-refractivity contribution in [3.8, 4) is 27.9 Å². The molecule has 192 valence electrons. The van der Waals surface area contributed by atoms with Crippen molar-refractivity contribution in [3.63, 3.8) is 0 Å². The van der Waals surface area contributed by atoms with Crippen LogP contribution in [0.2, 0.25) is 0 Å². The monoisotopic (exact) mass is 525 g/mol. The SMILES string of the molecule is c1ccc(-n2c3ccccc3c3oc4c(-c5ccc(-c6ccc7oc8ccccc8c7c6)cc5)cccc4c32)cc1. The van der Waals surface area contributed by atoms with Crippen molar-refractivity contribution in [2.75, 3.05) is 0 Å². The molecule has 41 heavy (non-hydrogen) atoms. The number of para-hydroxylation sites is 4. The molecule has 0 aliphatic heterocycles. The number of fused-ring (bicyclic) bond motifs is 8. The molecule has 0 N–H and O–H groups in total. The molecule has 0 saturated carbocycles. The van der Waals surface area contributed by atoms with E-state index < -0.39 is 0 Å². The zero-order chi connectivity index (χ0) is 26.9. The standard InChI is InChI=1S/C38H23NO2/c1-2-9-27(10-3-1)39-33-15-6-4-12-30(33)38-36(39)31-14-8-13-28(37(31)41-38)25-19-17-24(18-20-25)26-21-22-35-32(23-26)29-11-5-7-16-34(29)40-35/h1-23H. The van der Waals surface area contributed by atoms with E-state index in [-0.39, 0.29) is 0 Å². The van der Waals surface area contributed by atoms with Gasteiger partial charge in [0.2, 0.25) is 0 Å². The summed E-state index contributed by atoms with van der Waals surface area (Å²) in [6, 6.07) is 48.8. The summed E-state index contributed by atoms with van der Waals surface area (Å²) in [7, 11) is 0. The number of hydrogen-bond acceptors (Lipinski definition) is 2. The fourth-order valence-electron chi connectivity index (χ4n) is 6.31. The van der Waals surface area contributed by atoms with Crippen LogP contribution in [0.15, 0.2) is 148 Å². The van der Waals surface area contributed by atoms with E-state index in [9.17, 15) is 0 Å². The quantitative estimate of drug-likeness (QED) is 0.230. The lowest BCUT2D eigenvalue weighted by Crippen LogP contribution is -1.92. The Morgan fingerprint density at radius 3 is 1.98 bits per heavy atom. The average Bonchev–Trinajstić information content (AvgIpc) is 3.70. The predicted molar refractivity (Wildman–Crippen MR) is 169 cm³/mol. The molecule has 3 nitrogen and oxygen atoms in total. The second kappa shape index (κ2) is 8.48. The van der Waals surface area contributed by atoms with Gasteiger partial charge < -0.3 is 13.4 Å². The molecule has 3 heteroatoms. The van der Waals surface area contributed by atoms with Crippen molar-refractivity contribution in [3.05, 3.63) is 140 Å². The first-order chi connectivity index (χ1) is 20.3. The normalized spacial score (nSPS) is 11.9. The molecule has 9 aromatic rings. The van der Waals surface area contributed by atoms with E-state index >= 15 is 0 Å². The lowest BCUT2D eigenvalue weighted by molar-refractivity contribution is 0.669. The summed E-state index contributed by atoms with van der Waals surface area (Å²) in [5, 5.41) is 4.51. The van der Waals surface area contributed by atoms with E-state index in [1.807, 2.05) is 12.1 Å². The van der Waals surface area contributed by atoms with Crippen molar-refractivity contribution < 1.29 is 8.83 Å². The lowest BCUT2D eigenvalue weighted by atomic mass is 9.98. The Labute approximate surface area is 235 Å². The van der Waals surface area contributed by atoms with Gasteiger partial charge >= 0.3 is 0 Å².